The van der Waals surface area contributed by atoms with Crippen molar-refractivity contribution in [3.05, 3.63) is 108 Å². The minimum absolute atomic E-state index is 0.0902. The smallest absolute Gasteiger partial charge is 0.323 e. The highest BCUT2D eigenvalue weighted by Crippen LogP contribution is 2.37. The predicted molar refractivity (Wildman–Crippen MR) is 171 cm³/mol. The van der Waals surface area contributed by atoms with Gasteiger partial charge in [0.05, 0.1) is 24.1 Å². The van der Waals surface area contributed by atoms with Gasteiger partial charge in [-0.25, -0.2) is 9.78 Å². The van der Waals surface area contributed by atoms with Crippen LogP contribution in [0.4, 0.5) is 16.2 Å². The Morgan fingerprint density at radius 1 is 1.02 bits per heavy atom. The highest BCUT2D eigenvalue weighted by molar-refractivity contribution is 6.16. The second kappa shape index (κ2) is 12.4. The SMILES string of the molecule is COCCN(C)C(=O)c1ccc(-c2ccnc3c2c(C=C2Oc4ccc(NC(=O)Nc5cccnc5)cc4C2=O)cn3C)cc1. The van der Waals surface area contributed by atoms with Crippen molar-refractivity contribution in [2.45, 2.75) is 0 Å². The number of likely N-dealkylation sites (N-methyl/N-ethyl adjacent to an activating group) is 1. The quantitative estimate of drug-likeness (QED) is 0.221. The molecule has 0 atom stereocenters. The van der Waals surface area contributed by atoms with Crippen molar-refractivity contribution in [2.24, 2.45) is 7.05 Å². The lowest BCUT2D eigenvalue weighted by atomic mass is 9.99. The summed E-state index contributed by atoms with van der Waals surface area (Å²) in [4.78, 5) is 48.9. The second-order valence-electron chi connectivity index (χ2n) is 10.5. The van der Waals surface area contributed by atoms with Crippen molar-refractivity contribution >= 4 is 46.2 Å². The number of aryl methyl sites for hydroxylation is 1. The molecule has 3 amide bonds. The number of Topliss-reactive ketones (excluding diaryl/α,β-unsaturated/α-hetero) is 1. The van der Waals surface area contributed by atoms with Crippen LogP contribution in [0.15, 0.2) is 91.2 Å². The minimum atomic E-state index is -0.462. The van der Waals surface area contributed by atoms with Gasteiger partial charge in [0.15, 0.2) is 5.76 Å². The molecule has 226 valence electrons. The van der Waals surface area contributed by atoms with E-state index in [1.807, 2.05) is 36.0 Å². The maximum atomic E-state index is 13.5. The number of nitrogens with zero attached hydrogens (tertiary/aromatic N) is 4. The summed E-state index contributed by atoms with van der Waals surface area (Å²) in [7, 11) is 5.24. The van der Waals surface area contributed by atoms with Crippen molar-refractivity contribution in [2.75, 3.05) is 37.9 Å². The third-order valence-corrected chi connectivity index (χ3v) is 7.44. The van der Waals surface area contributed by atoms with E-state index in [0.717, 1.165) is 27.7 Å². The number of nitrogens with one attached hydrogen (secondary N) is 2. The molecule has 0 radical (unpaired) electrons. The van der Waals surface area contributed by atoms with Crippen molar-refractivity contribution in [1.29, 1.82) is 0 Å². The molecule has 0 unspecified atom stereocenters. The number of amides is 3. The van der Waals surface area contributed by atoms with Gasteiger partial charge in [-0.1, -0.05) is 12.1 Å². The number of urea groups is 1. The van der Waals surface area contributed by atoms with Gasteiger partial charge in [0.1, 0.15) is 11.4 Å². The van der Waals surface area contributed by atoms with E-state index in [1.54, 1.807) is 80.0 Å². The summed E-state index contributed by atoms with van der Waals surface area (Å²) >= 11 is 0. The van der Waals surface area contributed by atoms with Crippen LogP contribution in [-0.4, -0.2) is 64.5 Å². The molecule has 11 nitrogen and oxygen atoms in total. The maximum Gasteiger partial charge on any atom is 0.323 e. The Balaban J connectivity index is 1.26. The summed E-state index contributed by atoms with van der Waals surface area (Å²) in [6.45, 7) is 0.953. The van der Waals surface area contributed by atoms with Crippen LogP contribution in [0.3, 0.4) is 0 Å². The van der Waals surface area contributed by atoms with Crippen LogP contribution in [0.5, 0.6) is 5.75 Å². The van der Waals surface area contributed by atoms with Crippen LogP contribution in [0, 0.1) is 0 Å². The standard InChI is InChI=1S/C34H30N6O5/c1-39(15-16-44-3)33(42)22-8-6-21(7-9-22)26-12-14-36-32-30(26)23(20-40(32)2)17-29-31(41)27-18-24(10-11-28(27)45-29)37-34(43)38-25-5-4-13-35-19-25/h4-14,17-20H,15-16H2,1-3H3,(H2,37,38,43). The first-order valence-electron chi connectivity index (χ1n) is 14.2. The average molecular weight is 603 g/mol. The van der Waals surface area contributed by atoms with Crippen molar-refractivity contribution in [3.8, 4) is 16.9 Å². The summed E-state index contributed by atoms with van der Waals surface area (Å²) in [6, 6.07) is 17.2. The van der Waals surface area contributed by atoms with E-state index in [2.05, 4.69) is 20.6 Å². The van der Waals surface area contributed by atoms with E-state index in [1.165, 1.54) is 6.20 Å². The average Bonchev–Trinajstić information content (AvgIpc) is 3.54. The minimum Gasteiger partial charge on any atom is -0.452 e. The lowest BCUT2D eigenvalue weighted by molar-refractivity contribution is 0.0744. The number of rotatable bonds is 8. The molecule has 1 aliphatic rings. The Kier molecular flexibility index (Phi) is 8.08. The van der Waals surface area contributed by atoms with Crippen molar-refractivity contribution in [1.82, 2.24) is 19.4 Å². The Morgan fingerprint density at radius 2 is 1.82 bits per heavy atom. The molecule has 6 rings (SSSR count). The lowest BCUT2D eigenvalue weighted by Crippen LogP contribution is -2.29. The Morgan fingerprint density at radius 3 is 2.58 bits per heavy atom. The molecule has 1 aliphatic heterocycles. The molecule has 0 fully saturated rings. The first-order valence-corrected chi connectivity index (χ1v) is 14.2. The number of benzene rings is 2. The third kappa shape index (κ3) is 6.01. The number of anilines is 2. The van der Waals surface area contributed by atoms with Gasteiger partial charge in [-0.2, -0.15) is 0 Å². The number of fused-ring (bicyclic) bond motifs is 2. The van der Waals surface area contributed by atoms with E-state index in [9.17, 15) is 14.4 Å². The van der Waals surface area contributed by atoms with Crippen LogP contribution in [0.25, 0.3) is 28.2 Å². The van der Waals surface area contributed by atoms with Crippen LogP contribution in [0.2, 0.25) is 0 Å². The zero-order valence-electron chi connectivity index (χ0n) is 24.9. The van der Waals surface area contributed by atoms with Gasteiger partial charge >= 0.3 is 6.03 Å². The summed E-state index contributed by atoms with van der Waals surface area (Å²) in [5.74, 6) is 0.167. The molecule has 2 N–H and O–H groups in total. The Labute approximate surface area is 259 Å². The zero-order valence-corrected chi connectivity index (χ0v) is 24.9. The van der Waals surface area contributed by atoms with Crippen molar-refractivity contribution < 1.29 is 23.9 Å². The summed E-state index contributed by atoms with van der Waals surface area (Å²) < 4.78 is 12.9. The molecule has 3 aromatic heterocycles. The number of ketones is 1. The Hall–Kier alpha value is -5.81. The molecule has 45 heavy (non-hydrogen) atoms. The highest BCUT2D eigenvalue weighted by Gasteiger charge is 2.28. The van der Waals surface area contributed by atoms with Crippen molar-refractivity contribution in [3.63, 3.8) is 0 Å². The Bertz CT molecular complexity index is 1950. The summed E-state index contributed by atoms with van der Waals surface area (Å²) in [5.41, 5.74) is 5.17. The number of pyridine rings is 2. The van der Waals surface area contributed by atoms with E-state index < -0.39 is 6.03 Å². The number of methoxy groups -OCH3 is 1. The number of ether oxygens (including phenoxy) is 2. The number of hydrogen-bond donors (Lipinski definition) is 2. The molecule has 4 heterocycles. The molecule has 11 heteroatoms. The lowest BCUT2D eigenvalue weighted by Gasteiger charge is -2.16. The number of carbonyl (C=O) groups excluding carboxylic acids is 3. The van der Waals surface area contributed by atoms with E-state index >= 15 is 0 Å². The van der Waals surface area contributed by atoms with Crippen LogP contribution < -0.4 is 15.4 Å². The fraction of sp³-hybridized carbons (Fsp3) is 0.147. The summed E-state index contributed by atoms with van der Waals surface area (Å²) in [5, 5.41) is 6.27. The second-order valence-corrected chi connectivity index (χ2v) is 10.5. The highest BCUT2D eigenvalue weighted by atomic mass is 16.5. The topological polar surface area (TPSA) is 128 Å². The first-order chi connectivity index (χ1) is 21.8. The molecular weight excluding hydrogens is 572 g/mol. The molecule has 0 spiro atoms. The van der Waals surface area contributed by atoms with Gasteiger partial charge in [0.25, 0.3) is 5.91 Å². The predicted octanol–water partition coefficient (Wildman–Crippen LogP) is 5.61. The summed E-state index contributed by atoms with van der Waals surface area (Å²) in [6.07, 6.45) is 8.48. The first kappa shape index (κ1) is 29.3. The zero-order chi connectivity index (χ0) is 31.5. The van der Waals surface area contributed by atoms with Gasteiger partial charge in [-0.3, -0.25) is 14.6 Å². The van der Waals surface area contributed by atoms with E-state index in [4.69, 9.17) is 9.47 Å². The molecular formula is C34H30N6O5. The fourth-order valence-electron chi connectivity index (χ4n) is 5.17. The fourth-order valence-corrected chi connectivity index (χ4v) is 5.17. The van der Waals surface area contributed by atoms with Gasteiger partial charge < -0.3 is 29.6 Å². The molecule has 0 bridgehead atoms. The van der Waals surface area contributed by atoms with E-state index in [-0.39, 0.29) is 17.4 Å². The molecule has 5 aromatic rings. The maximum absolute atomic E-state index is 13.5. The van der Waals surface area contributed by atoms with Gasteiger partial charge in [-0.15, -0.1) is 0 Å². The number of carbonyl (C=O) groups is 3. The molecule has 0 aliphatic carbocycles. The van der Waals surface area contributed by atoms with Gasteiger partial charge in [0, 0.05) is 68.5 Å². The molecule has 0 saturated carbocycles. The van der Waals surface area contributed by atoms with E-state index in [0.29, 0.717) is 41.4 Å². The van der Waals surface area contributed by atoms with Crippen LogP contribution in [0.1, 0.15) is 26.3 Å². The number of aromatic nitrogens is 3. The third-order valence-electron chi connectivity index (χ3n) is 7.44. The number of hydrogen-bond acceptors (Lipinski definition) is 7. The van der Waals surface area contributed by atoms with Crippen LogP contribution >= 0.6 is 0 Å². The monoisotopic (exact) mass is 602 g/mol. The van der Waals surface area contributed by atoms with Gasteiger partial charge in [-0.05, 0) is 65.7 Å². The molecule has 0 saturated heterocycles. The van der Waals surface area contributed by atoms with Crippen LogP contribution in [-0.2, 0) is 11.8 Å². The normalized spacial score (nSPS) is 13.0. The molecule has 2 aromatic carbocycles. The number of allylic oxidation sites excluding steroid dienone is 1. The largest absolute Gasteiger partial charge is 0.452 e. The van der Waals surface area contributed by atoms with Gasteiger partial charge in [0.2, 0.25) is 5.78 Å².